The lowest BCUT2D eigenvalue weighted by Crippen LogP contribution is -2.59. The number of esters is 1. The Labute approximate surface area is 230 Å². The second-order valence-electron chi connectivity index (χ2n) is 14.0. The van der Waals surface area contributed by atoms with Gasteiger partial charge in [-0.1, -0.05) is 34.6 Å². The standard InChI is InChI=1S/C31H44O8/c1-15(11-19(33)26(37)16(2)27(38)39-8)17-12-23(36)31(7)25-18(32)13-21-28(3,4)22(35)9-10-29(21,5)24(25)20(34)14-30(17,31)6/h15-17,21-22,26,35,37H,9-14H2,1-8H3/t15-,16-,17-,21+,22+,26+,29+,30-,31+/m1/s1. The van der Waals surface area contributed by atoms with Crippen LogP contribution in [-0.4, -0.2) is 58.6 Å². The van der Waals surface area contributed by atoms with Gasteiger partial charge in [-0.3, -0.25) is 24.0 Å². The highest BCUT2D eigenvalue weighted by atomic mass is 16.5. The number of carbonyl (C=O) groups is 5. The molecule has 9 atom stereocenters. The molecular formula is C31H44O8. The number of ether oxygens (including phenoxy) is 1. The van der Waals surface area contributed by atoms with Gasteiger partial charge in [0.25, 0.3) is 0 Å². The Kier molecular flexibility index (Phi) is 7.21. The Balaban J connectivity index is 1.73. The van der Waals surface area contributed by atoms with Crippen LogP contribution in [0.3, 0.4) is 0 Å². The van der Waals surface area contributed by atoms with Crippen molar-refractivity contribution >= 4 is 29.1 Å². The predicted molar refractivity (Wildman–Crippen MR) is 142 cm³/mol. The van der Waals surface area contributed by atoms with Crippen LogP contribution in [0.5, 0.6) is 0 Å². The molecule has 2 fully saturated rings. The Morgan fingerprint density at radius 2 is 1.62 bits per heavy atom. The molecule has 0 aliphatic heterocycles. The summed E-state index contributed by atoms with van der Waals surface area (Å²) in [5, 5.41) is 21.2. The molecule has 4 aliphatic carbocycles. The minimum absolute atomic E-state index is 0.0635. The predicted octanol–water partition coefficient (Wildman–Crippen LogP) is 3.40. The number of methoxy groups -OCH3 is 1. The number of hydrogen-bond donors (Lipinski definition) is 2. The van der Waals surface area contributed by atoms with E-state index in [0.717, 1.165) is 0 Å². The molecule has 0 unspecified atom stereocenters. The van der Waals surface area contributed by atoms with E-state index in [1.54, 1.807) is 0 Å². The molecule has 0 radical (unpaired) electrons. The molecule has 0 aromatic heterocycles. The zero-order valence-electron chi connectivity index (χ0n) is 24.6. The molecule has 0 amide bonds. The smallest absolute Gasteiger partial charge is 0.311 e. The number of ketones is 4. The molecule has 4 rings (SSSR count). The number of aliphatic hydroxyl groups is 2. The Bertz CT molecular complexity index is 1170. The van der Waals surface area contributed by atoms with Crippen molar-refractivity contribution in [3.05, 3.63) is 11.1 Å². The van der Waals surface area contributed by atoms with E-state index in [4.69, 9.17) is 0 Å². The van der Waals surface area contributed by atoms with E-state index < -0.39 is 51.5 Å². The van der Waals surface area contributed by atoms with E-state index in [1.807, 2.05) is 41.5 Å². The highest BCUT2D eigenvalue weighted by Gasteiger charge is 2.70. The number of rotatable bonds is 6. The first-order valence-electron chi connectivity index (χ1n) is 14.2. The maximum absolute atomic E-state index is 14.1. The molecule has 8 heteroatoms. The molecule has 2 saturated carbocycles. The molecule has 216 valence electrons. The molecule has 8 nitrogen and oxygen atoms in total. The third-order valence-corrected chi connectivity index (χ3v) is 11.8. The van der Waals surface area contributed by atoms with Gasteiger partial charge in [0.1, 0.15) is 11.9 Å². The first-order valence-corrected chi connectivity index (χ1v) is 14.2. The Morgan fingerprint density at radius 1 is 1.00 bits per heavy atom. The maximum atomic E-state index is 14.1. The molecule has 4 aliphatic rings. The zero-order chi connectivity index (χ0) is 29.5. The summed E-state index contributed by atoms with van der Waals surface area (Å²) in [5.41, 5.74) is -2.35. The third-order valence-electron chi connectivity index (χ3n) is 11.8. The minimum Gasteiger partial charge on any atom is -0.469 e. The lowest BCUT2D eigenvalue weighted by atomic mass is 9.42. The van der Waals surface area contributed by atoms with Crippen LogP contribution in [0.25, 0.3) is 0 Å². The van der Waals surface area contributed by atoms with Gasteiger partial charge in [0, 0.05) is 42.2 Å². The molecule has 0 heterocycles. The quantitative estimate of drug-likeness (QED) is 0.486. The monoisotopic (exact) mass is 544 g/mol. The van der Waals surface area contributed by atoms with E-state index in [0.29, 0.717) is 24.0 Å². The van der Waals surface area contributed by atoms with Gasteiger partial charge in [0.05, 0.1) is 24.5 Å². The first-order chi connectivity index (χ1) is 17.9. The lowest BCUT2D eigenvalue weighted by Gasteiger charge is -2.60. The molecule has 0 aromatic rings. The van der Waals surface area contributed by atoms with E-state index in [9.17, 15) is 34.2 Å². The fourth-order valence-corrected chi connectivity index (χ4v) is 9.00. The summed E-state index contributed by atoms with van der Waals surface area (Å²) >= 11 is 0. The van der Waals surface area contributed by atoms with Crippen LogP contribution in [0.4, 0.5) is 0 Å². The van der Waals surface area contributed by atoms with Crippen molar-refractivity contribution < 1.29 is 38.9 Å². The molecule has 0 saturated heterocycles. The summed E-state index contributed by atoms with van der Waals surface area (Å²) in [7, 11) is 1.19. The largest absolute Gasteiger partial charge is 0.469 e. The van der Waals surface area contributed by atoms with Crippen molar-refractivity contribution in [1.82, 2.24) is 0 Å². The average Bonchev–Trinajstić information content (AvgIpc) is 3.07. The van der Waals surface area contributed by atoms with Crippen LogP contribution < -0.4 is 0 Å². The van der Waals surface area contributed by atoms with Crippen LogP contribution >= 0.6 is 0 Å². The van der Waals surface area contributed by atoms with Crippen molar-refractivity contribution in [3.63, 3.8) is 0 Å². The lowest BCUT2D eigenvalue weighted by molar-refractivity contribution is -0.153. The fraction of sp³-hybridized carbons (Fsp3) is 0.774. The number of Topliss-reactive ketones (excluding diaryl/α,β-unsaturated/α-hetero) is 4. The van der Waals surface area contributed by atoms with E-state index >= 15 is 0 Å². The van der Waals surface area contributed by atoms with Crippen LogP contribution in [0.2, 0.25) is 0 Å². The van der Waals surface area contributed by atoms with Crippen LogP contribution in [0, 0.1) is 45.3 Å². The van der Waals surface area contributed by atoms with Gasteiger partial charge < -0.3 is 14.9 Å². The van der Waals surface area contributed by atoms with Crippen molar-refractivity contribution in [3.8, 4) is 0 Å². The summed E-state index contributed by atoms with van der Waals surface area (Å²) < 4.78 is 4.65. The van der Waals surface area contributed by atoms with Crippen molar-refractivity contribution in [2.45, 2.75) is 99.2 Å². The highest BCUT2D eigenvalue weighted by Crippen LogP contribution is 2.70. The molecule has 0 aromatic carbocycles. The Hall–Kier alpha value is -2.19. The first kappa shape index (κ1) is 29.8. The molecule has 0 bridgehead atoms. The second kappa shape index (κ2) is 9.44. The molecule has 39 heavy (non-hydrogen) atoms. The highest BCUT2D eigenvalue weighted by molar-refractivity contribution is 6.16. The van der Waals surface area contributed by atoms with Gasteiger partial charge in [-0.2, -0.15) is 0 Å². The second-order valence-corrected chi connectivity index (χ2v) is 14.0. The SMILES string of the molecule is COC(=O)[C@H](C)[C@H](O)C(=O)C[C@@H](C)[C@H]1CC(=O)[C@@]2(C)C3=C(C(=O)C[C@]12C)[C@@]1(C)CC[C@H](O)C(C)(C)[C@@H]1CC3=O. The summed E-state index contributed by atoms with van der Waals surface area (Å²) in [6.45, 7) is 12.9. The van der Waals surface area contributed by atoms with Gasteiger partial charge in [0.2, 0.25) is 0 Å². The number of carbonyl (C=O) groups excluding carboxylic acids is 5. The average molecular weight is 545 g/mol. The normalized spacial score (nSPS) is 39.8. The summed E-state index contributed by atoms with van der Waals surface area (Å²) in [5.74, 6) is -3.55. The van der Waals surface area contributed by atoms with Gasteiger partial charge in [0.15, 0.2) is 17.3 Å². The molecule has 0 spiro atoms. The fourth-order valence-electron chi connectivity index (χ4n) is 9.00. The van der Waals surface area contributed by atoms with E-state index in [2.05, 4.69) is 4.74 Å². The third kappa shape index (κ3) is 3.95. The molecule has 2 N–H and O–H groups in total. The van der Waals surface area contributed by atoms with Crippen LogP contribution in [0.15, 0.2) is 11.1 Å². The topological polar surface area (TPSA) is 135 Å². The van der Waals surface area contributed by atoms with Crippen LogP contribution in [-0.2, 0) is 28.7 Å². The van der Waals surface area contributed by atoms with Gasteiger partial charge in [-0.25, -0.2) is 0 Å². The van der Waals surface area contributed by atoms with Crippen molar-refractivity contribution in [2.24, 2.45) is 45.3 Å². The number of allylic oxidation sites excluding steroid dienone is 2. The van der Waals surface area contributed by atoms with Crippen molar-refractivity contribution in [1.29, 1.82) is 0 Å². The summed E-state index contributed by atoms with van der Waals surface area (Å²) in [4.78, 5) is 66.7. The number of hydrogen-bond acceptors (Lipinski definition) is 8. The minimum atomic E-state index is -1.53. The Morgan fingerprint density at radius 3 is 2.21 bits per heavy atom. The summed E-state index contributed by atoms with van der Waals surface area (Å²) in [6.07, 6.45) is -0.657. The number of fused-ring (bicyclic) bond motifs is 4. The van der Waals surface area contributed by atoms with Gasteiger partial charge >= 0.3 is 5.97 Å². The molecular weight excluding hydrogens is 500 g/mol. The van der Waals surface area contributed by atoms with E-state index in [-0.39, 0.29) is 60.8 Å². The zero-order valence-corrected chi connectivity index (χ0v) is 24.6. The van der Waals surface area contributed by atoms with Gasteiger partial charge in [-0.05, 0) is 55.3 Å². The maximum Gasteiger partial charge on any atom is 0.311 e. The summed E-state index contributed by atoms with van der Waals surface area (Å²) in [6, 6.07) is 0. The van der Waals surface area contributed by atoms with Crippen LogP contribution in [0.1, 0.15) is 87.0 Å². The van der Waals surface area contributed by atoms with E-state index in [1.165, 1.54) is 14.0 Å². The van der Waals surface area contributed by atoms with Gasteiger partial charge in [-0.15, -0.1) is 0 Å². The van der Waals surface area contributed by atoms with Crippen molar-refractivity contribution in [2.75, 3.05) is 7.11 Å². The number of aliphatic hydroxyl groups excluding tert-OH is 2.